The molecule has 0 aliphatic heterocycles. The van der Waals surface area contributed by atoms with Crippen LogP contribution in [0.2, 0.25) is 0 Å². The van der Waals surface area contributed by atoms with E-state index >= 15 is 0 Å². The molecule has 27 heavy (non-hydrogen) atoms. The van der Waals surface area contributed by atoms with Gasteiger partial charge in [0.2, 0.25) is 5.91 Å². The van der Waals surface area contributed by atoms with Crippen molar-refractivity contribution >= 4 is 50.7 Å². The largest absolute Gasteiger partial charge is 0.464 e. The summed E-state index contributed by atoms with van der Waals surface area (Å²) in [4.78, 5) is 12.3. The number of thiocarbonyl (C=S) groups is 1. The predicted molar refractivity (Wildman–Crippen MR) is 111 cm³/mol. The van der Waals surface area contributed by atoms with E-state index in [-0.39, 0.29) is 12.3 Å². The highest BCUT2D eigenvalue weighted by Gasteiger charge is 2.13. The minimum Gasteiger partial charge on any atom is -0.464 e. The number of carbonyl (C=O) groups is 1. The third-order valence-corrected chi connectivity index (χ3v) is 4.44. The first-order valence-corrected chi connectivity index (χ1v) is 8.90. The highest BCUT2D eigenvalue weighted by atomic mass is 32.1. The second-order valence-corrected chi connectivity index (χ2v) is 6.50. The van der Waals surface area contributed by atoms with E-state index in [0.717, 1.165) is 33.0 Å². The summed E-state index contributed by atoms with van der Waals surface area (Å²) < 4.78 is 5.62. The van der Waals surface area contributed by atoms with Gasteiger partial charge in [0.15, 0.2) is 5.11 Å². The van der Waals surface area contributed by atoms with Crippen molar-refractivity contribution < 1.29 is 9.21 Å². The number of rotatable bonds is 3. The number of carbonyl (C=O) groups excluding carboxylic acids is 1. The molecule has 4 aromatic rings. The van der Waals surface area contributed by atoms with Crippen molar-refractivity contribution in [3.05, 3.63) is 78.6 Å². The minimum atomic E-state index is -0.206. The number of hydrogen-bond donors (Lipinski definition) is 3. The van der Waals surface area contributed by atoms with Gasteiger partial charge in [-0.3, -0.25) is 15.6 Å². The lowest BCUT2D eigenvalue weighted by Gasteiger charge is -2.11. The molecule has 0 saturated heterocycles. The molecule has 1 amide bonds. The van der Waals surface area contributed by atoms with Crippen LogP contribution in [-0.2, 0) is 11.2 Å². The SMILES string of the molecule is O=C(Cc1coc2ccc3ccccc3c12)NNC(=S)Nc1ccccc1. The lowest BCUT2D eigenvalue weighted by molar-refractivity contribution is -0.120. The topological polar surface area (TPSA) is 66.3 Å². The van der Waals surface area contributed by atoms with E-state index in [9.17, 15) is 4.79 Å². The second kappa shape index (κ2) is 7.47. The number of furan rings is 1. The summed E-state index contributed by atoms with van der Waals surface area (Å²) in [6.45, 7) is 0. The van der Waals surface area contributed by atoms with Gasteiger partial charge in [0.1, 0.15) is 5.58 Å². The Balaban J connectivity index is 1.44. The minimum absolute atomic E-state index is 0.182. The van der Waals surface area contributed by atoms with Gasteiger partial charge in [-0.15, -0.1) is 0 Å². The maximum atomic E-state index is 12.3. The standard InChI is InChI=1S/C21H17N3O2S/c25-19(23-24-21(27)22-16-7-2-1-3-8-16)12-15-13-26-18-11-10-14-6-4-5-9-17(14)20(15)18/h1-11,13H,12H2,(H,23,25)(H2,22,24,27). The number of hydrogen-bond acceptors (Lipinski definition) is 3. The van der Waals surface area contributed by atoms with Gasteiger partial charge in [-0.2, -0.15) is 0 Å². The first-order chi connectivity index (χ1) is 13.2. The molecule has 0 saturated carbocycles. The van der Waals surface area contributed by atoms with E-state index in [4.69, 9.17) is 16.6 Å². The number of amides is 1. The molecule has 0 aliphatic rings. The second-order valence-electron chi connectivity index (χ2n) is 6.09. The zero-order valence-corrected chi connectivity index (χ0v) is 15.2. The molecule has 1 aromatic heterocycles. The van der Waals surface area contributed by atoms with E-state index in [1.807, 2.05) is 66.7 Å². The molecule has 6 heteroatoms. The molecule has 0 spiro atoms. The molecule has 0 bridgehead atoms. The number of anilines is 1. The van der Waals surface area contributed by atoms with Crippen LogP contribution in [0.1, 0.15) is 5.56 Å². The fraction of sp³-hybridized carbons (Fsp3) is 0.0476. The number of nitrogens with one attached hydrogen (secondary N) is 3. The molecular formula is C21H17N3O2S. The average Bonchev–Trinajstić information content (AvgIpc) is 3.10. The van der Waals surface area contributed by atoms with E-state index in [1.54, 1.807) is 6.26 Å². The van der Waals surface area contributed by atoms with E-state index < -0.39 is 0 Å². The molecule has 0 unspecified atom stereocenters. The van der Waals surface area contributed by atoms with Gasteiger partial charge in [0, 0.05) is 16.6 Å². The molecule has 134 valence electrons. The van der Waals surface area contributed by atoms with Crippen molar-refractivity contribution in [2.75, 3.05) is 5.32 Å². The fourth-order valence-electron chi connectivity index (χ4n) is 3.03. The van der Waals surface area contributed by atoms with Gasteiger partial charge in [0.25, 0.3) is 0 Å². The van der Waals surface area contributed by atoms with Crippen molar-refractivity contribution in [3.8, 4) is 0 Å². The maximum Gasteiger partial charge on any atom is 0.242 e. The molecule has 3 N–H and O–H groups in total. The van der Waals surface area contributed by atoms with Gasteiger partial charge < -0.3 is 9.73 Å². The van der Waals surface area contributed by atoms with Crippen LogP contribution in [0.15, 0.2) is 77.4 Å². The van der Waals surface area contributed by atoms with Crippen LogP contribution in [-0.4, -0.2) is 11.0 Å². The molecule has 0 fully saturated rings. The van der Waals surface area contributed by atoms with Crippen LogP contribution in [0.25, 0.3) is 21.7 Å². The van der Waals surface area contributed by atoms with Crippen LogP contribution >= 0.6 is 12.2 Å². The number of para-hydroxylation sites is 1. The predicted octanol–water partition coefficient (Wildman–Crippen LogP) is 4.15. The lowest BCUT2D eigenvalue weighted by atomic mass is 10.0. The van der Waals surface area contributed by atoms with Gasteiger partial charge in [0.05, 0.1) is 12.7 Å². The van der Waals surface area contributed by atoms with Gasteiger partial charge in [-0.05, 0) is 41.2 Å². The Kier molecular flexibility index (Phi) is 4.72. The third-order valence-electron chi connectivity index (χ3n) is 4.24. The zero-order chi connectivity index (χ0) is 18.6. The molecule has 3 aromatic carbocycles. The molecular weight excluding hydrogens is 358 g/mol. The summed E-state index contributed by atoms with van der Waals surface area (Å²) in [7, 11) is 0. The molecule has 4 rings (SSSR count). The van der Waals surface area contributed by atoms with Crippen LogP contribution in [0, 0.1) is 0 Å². The summed E-state index contributed by atoms with van der Waals surface area (Å²) in [5, 5.41) is 6.46. The third kappa shape index (κ3) is 3.75. The summed E-state index contributed by atoms with van der Waals surface area (Å²) in [5.41, 5.74) is 7.79. The Labute approximate surface area is 161 Å². The highest BCUT2D eigenvalue weighted by molar-refractivity contribution is 7.80. The first-order valence-electron chi connectivity index (χ1n) is 8.49. The summed E-state index contributed by atoms with van der Waals surface area (Å²) in [6.07, 6.45) is 1.82. The van der Waals surface area contributed by atoms with Gasteiger partial charge in [-0.25, -0.2) is 0 Å². The molecule has 1 heterocycles. The Bertz CT molecular complexity index is 1120. The van der Waals surface area contributed by atoms with E-state index in [2.05, 4.69) is 16.2 Å². The van der Waals surface area contributed by atoms with Crippen molar-refractivity contribution in [1.82, 2.24) is 10.9 Å². The van der Waals surface area contributed by atoms with E-state index in [1.165, 1.54) is 0 Å². The van der Waals surface area contributed by atoms with Crippen LogP contribution < -0.4 is 16.2 Å². The monoisotopic (exact) mass is 375 g/mol. The number of fused-ring (bicyclic) bond motifs is 3. The quantitative estimate of drug-likeness (QED) is 0.371. The maximum absolute atomic E-state index is 12.3. The van der Waals surface area contributed by atoms with Crippen LogP contribution in [0.5, 0.6) is 0 Å². The molecule has 0 radical (unpaired) electrons. The number of benzene rings is 3. The van der Waals surface area contributed by atoms with E-state index in [0.29, 0.717) is 5.11 Å². The summed E-state index contributed by atoms with van der Waals surface area (Å²) in [5.74, 6) is -0.206. The smallest absolute Gasteiger partial charge is 0.242 e. The Morgan fingerprint density at radius 1 is 0.926 bits per heavy atom. The Hall–Kier alpha value is -3.38. The van der Waals surface area contributed by atoms with Gasteiger partial charge in [-0.1, -0.05) is 48.5 Å². The normalized spacial score (nSPS) is 10.7. The van der Waals surface area contributed by atoms with Crippen LogP contribution in [0.4, 0.5) is 5.69 Å². The van der Waals surface area contributed by atoms with Crippen molar-refractivity contribution in [1.29, 1.82) is 0 Å². The molecule has 0 atom stereocenters. The van der Waals surface area contributed by atoms with Gasteiger partial charge >= 0.3 is 0 Å². The zero-order valence-electron chi connectivity index (χ0n) is 14.4. The summed E-state index contributed by atoms with van der Waals surface area (Å²) in [6, 6.07) is 21.5. The Morgan fingerprint density at radius 3 is 2.56 bits per heavy atom. The molecule has 5 nitrogen and oxygen atoms in total. The fourth-order valence-corrected chi connectivity index (χ4v) is 3.20. The van der Waals surface area contributed by atoms with Crippen molar-refractivity contribution in [2.24, 2.45) is 0 Å². The Morgan fingerprint density at radius 2 is 1.70 bits per heavy atom. The highest BCUT2D eigenvalue weighted by Crippen LogP contribution is 2.30. The number of hydrazine groups is 1. The van der Waals surface area contributed by atoms with Crippen molar-refractivity contribution in [3.63, 3.8) is 0 Å². The first kappa shape index (κ1) is 17.1. The lowest BCUT2D eigenvalue weighted by Crippen LogP contribution is -2.44. The van der Waals surface area contributed by atoms with Crippen LogP contribution in [0.3, 0.4) is 0 Å². The average molecular weight is 375 g/mol. The molecule has 0 aliphatic carbocycles. The summed E-state index contributed by atoms with van der Waals surface area (Å²) >= 11 is 5.19. The van der Waals surface area contributed by atoms with Crippen molar-refractivity contribution in [2.45, 2.75) is 6.42 Å².